The zero-order valence-corrected chi connectivity index (χ0v) is 16.2. The number of aryl methyl sites for hydroxylation is 1. The minimum atomic E-state index is 0.0996. The van der Waals surface area contributed by atoms with Crippen LogP contribution in [0.3, 0.4) is 0 Å². The number of hydrogen-bond acceptors (Lipinski definition) is 4. The van der Waals surface area contributed by atoms with Crippen LogP contribution in [0.4, 0.5) is 0 Å². The molecular formula is C22H27NO4. The molecule has 5 heteroatoms. The summed E-state index contributed by atoms with van der Waals surface area (Å²) in [6.45, 7) is 0.802. The van der Waals surface area contributed by atoms with E-state index in [0.29, 0.717) is 24.3 Å². The smallest absolute Gasteiger partial charge is 0.223 e. The Morgan fingerprint density at radius 1 is 1.04 bits per heavy atom. The summed E-state index contributed by atoms with van der Waals surface area (Å²) in [5.41, 5.74) is 2.21. The van der Waals surface area contributed by atoms with E-state index >= 15 is 0 Å². The molecule has 0 spiro atoms. The van der Waals surface area contributed by atoms with Crippen LogP contribution in [0.2, 0.25) is 0 Å². The van der Waals surface area contributed by atoms with E-state index < -0.39 is 0 Å². The summed E-state index contributed by atoms with van der Waals surface area (Å²) in [6, 6.07) is 13.9. The van der Waals surface area contributed by atoms with Gasteiger partial charge in [-0.2, -0.15) is 0 Å². The maximum absolute atomic E-state index is 12.9. The topological polar surface area (TPSA) is 48.0 Å². The standard InChI is InChI=1S/C22H27NO4/c1-25-18-7-4-6-16(14-18)9-12-22(24)23-13-5-8-19(23)17-10-11-20(26-2)21(15-17)27-3/h4,6-7,10-11,14-15,19H,5,8-9,12-13H2,1-3H3. The van der Waals surface area contributed by atoms with Crippen molar-refractivity contribution in [2.75, 3.05) is 27.9 Å². The maximum atomic E-state index is 12.9. The predicted octanol–water partition coefficient (Wildman–Crippen LogP) is 4.01. The first-order chi connectivity index (χ1) is 13.2. The van der Waals surface area contributed by atoms with Crippen LogP contribution in [0.5, 0.6) is 17.2 Å². The average molecular weight is 369 g/mol. The van der Waals surface area contributed by atoms with Gasteiger partial charge in [-0.15, -0.1) is 0 Å². The lowest BCUT2D eigenvalue weighted by Crippen LogP contribution is -2.30. The van der Waals surface area contributed by atoms with Gasteiger partial charge in [0.2, 0.25) is 5.91 Å². The third kappa shape index (κ3) is 4.35. The van der Waals surface area contributed by atoms with E-state index in [1.807, 2.05) is 47.4 Å². The van der Waals surface area contributed by atoms with E-state index in [1.54, 1.807) is 21.3 Å². The van der Waals surface area contributed by atoms with Gasteiger partial charge in [0.05, 0.1) is 27.4 Å². The molecule has 1 heterocycles. The van der Waals surface area contributed by atoms with Gasteiger partial charge >= 0.3 is 0 Å². The highest BCUT2D eigenvalue weighted by molar-refractivity contribution is 5.77. The maximum Gasteiger partial charge on any atom is 0.223 e. The second kappa shape index (κ2) is 8.80. The summed E-state index contributed by atoms with van der Waals surface area (Å²) in [6.07, 6.45) is 3.20. The van der Waals surface area contributed by atoms with Crippen LogP contribution in [0.1, 0.15) is 36.4 Å². The number of likely N-dealkylation sites (tertiary alicyclic amines) is 1. The van der Waals surface area contributed by atoms with E-state index in [0.717, 1.165) is 36.3 Å². The Hall–Kier alpha value is -2.69. The van der Waals surface area contributed by atoms with Crippen molar-refractivity contribution in [1.82, 2.24) is 4.90 Å². The van der Waals surface area contributed by atoms with E-state index in [-0.39, 0.29) is 11.9 Å². The summed E-state index contributed by atoms with van der Waals surface area (Å²) in [5, 5.41) is 0. The highest BCUT2D eigenvalue weighted by Crippen LogP contribution is 2.37. The lowest BCUT2D eigenvalue weighted by Gasteiger charge is -2.26. The van der Waals surface area contributed by atoms with Gasteiger partial charge in [-0.3, -0.25) is 4.79 Å². The molecule has 1 unspecified atom stereocenters. The third-order valence-corrected chi connectivity index (χ3v) is 5.13. The Balaban J connectivity index is 1.69. The molecule has 1 atom stereocenters. The molecule has 5 nitrogen and oxygen atoms in total. The van der Waals surface area contributed by atoms with Crippen molar-refractivity contribution in [2.24, 2.45) is 0 Å². The first-order valence-corrected chi connectivity index (χ1v) is 9.30. The molecule has 1 saturated heterocycles. The molecule has 0 aromatic heterocycles. The first kappa shape index (κ1) is 19.1. The quantitative estimate of drug-likeness (QED) is 0.740. The van der Waals surface area contributed by atoms with Gasteiger partial charge in [-0.1, -0.05) is 18.2 Å². The zero-order valence-electron chi connectivity index (χ0n) is 16.2. The molecule has 1 aliphatic heterocycles. The Labute approximate surface area is 160 Å². The summed E-state index contributed by atoms with van der Waals surface area (Å²) >= 11 is 0. The molecule has 0 bridgehead atoms. The van der Waals surface area contributed by atoms with E-state index in [2.05, 4.69) is 0 Å². The Morgan fingerprint density at radius 3 is 2.59 bits per heavy atom. The van der Waals surface area contributed by atoms with Crippen LogP contribution in [0.15, 0.2) is 42.5 Å². The Kier molecular flexibility index (Phi) is 6.22. The fourth-order valence-electron chi connectivity index (χ4n) is 3.69. The molecule has 0 N–H and O–H groups in total. The highest BCUT2D eigenvalue weighted by atomic mass is 16.5. The fourth-order valence-corrected chi connectivity index (χ4v) is 3.69. The van der Waals surface area contributed by atoms with Crippen molar-refractivity contribution in [3.63, 3.8) is 0 Å². The zero-order chi connectivity index (χ0) is 19.2. The van der Waals surface area contributed by atoms with Crippen molar-refractivity contribution in [2.45, 2.75) is 31.7 Å². The molecule has 27 heavy (non-hydrogen) atoms. The number of benzene rings is 2. The molecule has 2 aromatic rings. The van der Waals surface area contributed by atoms with Crippen LogP contribution < -0.4 is 14.2 Å². The molecule has 3 rings (SSSR count). The molecular weight excluding hydrogens is 342 g/mol. The van der Waals surface area contributed by atoms with Gasteiger partial charge in [0.15, 0.2) is 11.5 Å². The van der Waals surface area contributed by atoms with Gasteiger partial charge in [0.25, 0.3) is 0 Å². The monoisotopic (exact) mass is 369 g/mol. The lowest BCUT2D eigenvalue weighted by molar-refractivity contribution is -0.132. The number of carbonyl (C=O) groups excluding carboxylic acids is 1. The number of hydrogen-bond donors (Lipinski definition) is 0. The molecule has 1 amide bonds. The molecule has 0 radical (unpaired) electrons. The number of ether oxygens (including phenoxy) is 3. The summed E-state index contributed by atoms with van der Waals surface area (Å²) < 4.78 is 16.0. The van der Waals surface area contributed by atoms with Crippen LogP contribution in [0, 0.1) is 0 Å². The summed E-state index contributed by atoms with van der Waals surface area (Å²) in [7, 11) is 4.91. The van der Waals surface area contributed by atoms with Gasteiger partial charge in [0, 0.05) is 13.0 Å². The SMILES string of the molecule is COc1cccc(CCC(=O)N2CCCC2c2ccc(OC)c(OC)c2)c1. The van der Waals surface area contributed by atoms with Gasteiger partial charge < -0.3 is 19.1 Å². The van der Waals surface area contributed by atoms with Gasteiger partial charge in [0.1, 0.15) is 5.75 Å². The van der Waals surface area contributed by atoms with Crippen LogP contribution in [-0.2, 0) is 11.2 Å². The van der Waals surface area contributed by atoms with Crippen molar-refractivity contribution >= 4 is 5.91 Å². The largest absolute Gasteiger partial charge is 0.497 e. The van der Waals surface area contributed by atoms with Crippen molar-refractivity contribution in [3.05, 3.63) is 53.6 Å². The molecule has 2 aromatic carbocycles. The normalized spacial score (nSPS) is 16.3. The van der Waals surface area contributed by atoms with Crippen LogP contribution >= 0.6 is 0 Å². The van der Waals surface area contributed by atoms with Crippen molar-refractivity contribution in [1.29, 1.82) is 0 Å². The minimum Gasteiger partial charge on any atom is -0.497 e. The first-order valence-electron chi connectivity index (χ1n) is 9.30. The third-order valence-electron chi connectivity index (χ3n) is 5.13. The van der Waals surface area contributed by atoms with Crippen molar-refractivity contribution in [3.8, 4) is 17.2 Å². The van der Waals surface area contributed by atoms with E-state index in [1.165, 1.54) is 0 Å². The number of nitrogens with zero attached hydrogens (tertiary/aromatic N) is 1. The number of rotatable bonds is 7. The lowest BCUT2D eigenvalue weighted by atomic mass is 10.0. The van der Waals surface area contributed by atoms with E-state index in [9.17, 15) is 4.79 Å². The fraction of sp³-hybridized carbons (Fsp3) is 0.409. The number of amides is 1. The summed E-state index contributed by atoms with van der Waals surface area (Å²) in [5.74, 6) is 2.42. The highest BCUT2D eigenvalue weighted by Gasteiger charge is 2.30. The molecule has 0 aliphatic carbocycles. The van der Waals surface area contributed by atoms with Gasteiger partial charge in [-0.05, 0) is 54.7 Å². The van der Waals surface area contributed by atoms with E-state index in [4.69, 9.17) is 14.2 Å². The molecule has 1 aliphatic rings. The average Bonchev–Trinajstić information content (AvgIpc) is 3.21. The Morgan fingerprint density at radius 2 is 1.85 bits per heavy atom. The van der Waals surface area contributed by atoms with Crippen LogP contribution in [0.25, 0.3) is 0 Å². The molecule has 1 fully saturated rings. The Bertz CT molecular complexity index is 790. The summed E-state index contributed by atoms with van der Waals surface area (Å²) in [4.78, 5) is 14.9. The number of methoxy groups -OCH3 is 3. The molecule has 144 valence electrons. The minimum absolute atomic E-state index is 0.0996. The van der Waals surface area contributed by atoms with Crippen molar-refractivity contribution < 1.29 is 19.0 Å². The van der Waals surface area contributed by atoms with Crippen LogP contribution in [-0.4, -0.2) is 38.7 Å². The second-order valence-electron chi connectivity index (χ2n) is 6.71. The molecule has 0 saturated carbocycles. The predicted molar refractivity (Wildman–Crippen MR) is 105 cm³/mol. The number of carbonyl (C=O) groups is 1. The second-order valence-corrected chi connectivity index (χ2v) is 6.71. The van der Waals surface area contributed by atoms with Gasteiger partial charge in [-0.25, -0.2) is 0 Å².